The zero-order valence-electron chi connectivity index (χ0n) is 14.5. The monoisotopic (exact) mass is 342 g/mol. The molecule has 0 saturated carbocycles. The molecule has 0 spiro atoms. The van der Waals surface area contributed by atoms with Crippen LogP contribution < -0.4 is 0 Å². The van der Waals surface area contributed by atoms with Gasteiger partial charge in [-0.2, -0.15) is 5.26 Å². The molecular weight excluding hydrogens is 319 g/mol. The first-order valence-electron chi connectivity index (χ1n) is 8.20. The van der Waals surface area contributed by atoms with Crippen LogP contribution in [-0.4, -0.2) is 35.4 Å². The minimum absolute atomic E-state index is 0.106. The summed E-state index contributed by atoms with van der Waals surface area (Å²) in [6.07, 6.45) is 0.572. The molecule has 25 heavy (non-hydrogen) atoms. The van der Waals surface area contributed by atoms with Crippen molar-refractivity contribution in [1.29, 1.82) is 5.26 Å². The minimum atomic E-state index is -0.584. The van der Waals surface area contributed by atoms with Gasteiger partial charge in [0.2, 0.25) is 0 Å². The fourth-order valence-electron chi connectivity index (χ4n) is 2.92. The molecule has 2 aromatic carbocycles. The van der Waals surface area contributed by atoms with Crippen LogP contribution in [0.1, 0.15) is 41.0 Å². The van der Waals surface area contributed by atoms with Crippen LogP contribution in [0.15, 0.2) is 42.5 Å². The average Bonchev–Trinajstić information content (AvgIpc) is 2.62. The Labute approximate surface area is 147 Å². The molecule has 2 aromatic rings. The van der Waals surface area contributed by atoms with Crippen LogP contribution in [0.5, 0.6) is 0 Å². The van der Waals surface area contributed by atoms with E-state index in [1.165, 1.54) is 12.1 Å². The van der Waals surface area contributed by atoms with Gasteiger partial charge in [-0.25, -0.2) is 4.39 Å². The van der Waals surface area contributed by atoms with E-state index >= 15 is 0 Å². The first-order valence-corrected chi connectivity index (χ1v) is 8.20. The van der Waals surface area contributed by atoms with Gasteiger partial charge in [0.25, 0.3) is 0 Å². The molecule has 132 valence electrons. The Balaban J connectivity index is 2.40. The van der Waals surface area contributed by atoms with Crippen molar-refractivity contribution in [3.8, 4) is 6.07 Å². The van der Waals surface area contributed by atoms with Crippen molar-refractivity contribution in [3.05, 3.63) is 70.5 Å². The van der Waals surface area contributed by atoms with E-state index in [0.29, 0.717) is 24.0 Å². The van der Waals surface area contributed by atoms with Crippen LogP contribution in [0.25, 0.3) is 0 Å². The lowest BCUT2D eigenvalue weighted by atomic mass is 9.84. The second-order valence-corrected chi connectivity index (χ2v) is 6.31. The fraction of sp³-hybridized carbons (Fsp3) is 0.350. The van der Waals surface area contributed by atoms with Gasteiger partial charge in [-0.15, -0.1) is 0 Å². The lowest BCUT2D eigenvalue weighted by Gasteiger charge is -2.24. The average molecular weight is 342 g/mol. The first kappa shape index (κ1) is 19.1. The summed E-state index contributed by atoms with van der Waals surface area (Å²) in [5.41, 5.74) is 2.96. The molecule has 0 bridgehead atoms. The standard InChI is InChI=1S/C20H23FN2O2/c1-23(2)20(25)10-9-18(15-4-6-17(21)7-5-15)19-8-3-14(12-22)11-16(19)13-24/h3-8,11,18,20,24-25H,9-10,13H2,1-2H3. The van der Waals surface area contributed by atoms with Crippen molar-refractivity contribution in [2.24, 2.45) is 0 Å². The zero-order chi connectivity index (χ0) is 18.4. The number of nitriles is 1. The van der Waals surface area contributed by atoms with Crippen LogP contribution in [0, 0.1) is 17.1 Å². The second kappa shape index (κ2) is 8.72. The van der Waals surface area contributed by atoms with Gasteiger partial charge < -0.3 is 10.2 Å². The van der Waals surface area contributed by atoms with E-state index in [1.807, 2.05) is 6.07 Å². The van der Waals surface area contributed by atoms with Gasteiger partial charge in [-0.1, -0.05) is 18.2 Å². The van der Waals surface area contributed by atoms with Gasteiger partial charge in [-0.3, -0.25) is 4.90 Å². The molecule has 0 aromatic heterocycles. The van der Waals surface area contributed by atoms with Crippen LogP contribution >= 0.6 is 0 Å². The summed E-state index contributed by atoms with van der Waals surface area (Å²) in [6.45, 7) is -0.182. The molecule has 5 heteroatoms. The fourth-order valence-corrected chi connectivity index (χ4v) is 2.92. The number of benzene rings is 2. The predicted octanol–water partition coefficient (Wildman–Crippen LogP) is 2.98. The molecule has 0 fully saturated rings. The third-order valence-electron chi connectivity index (χ3n) is 4.40. The molecule has 0 aliphatic rings. The number of nitrogens with zero attached hydrogens (tertiary/aromatic N) is 2. The number of hydrogen-bond acceptors (Lipinski definition) is 4. The summed E-state index contributed by atoms with van der Waals surface area (Å²) < 4.78 is 13.3. The molecule has 0 saturated heterocycles. The summed E-state index contributed by atoms with van der Waals surface area (Å²) in [7, 11) is 3.61. The third-order valence-corrected chi connectivity index (χ3v) is 4.40. The van der Waals surface area contributed by atoms with Gasteiger partial charge in [-0.05, 0) is 67.9 Å². The van der Waals surface area contributed by atoms with E-state index in [-0.39, 0.29) is 18.3 Å². The summed E-state index contributed by atoms with van der Waals surface area (Å²) in [5, 5.41) is 28.9. The van der Waals surface area contributed by atoms with Crippen molar-refractivity contribution in [2.75, 3.05) is 14.1 Å². The van der Waals surface area contributed by atoms with Crippen LogP contribution in [0.2, 0.25) is 0 Å². The van der Waals surface area contributed by atoms with Gasteiger partial charge in [0, 0.05) is 5.92 Å². The van der Waals surface area contributed by atoms with Crippen LogP contribution in [0.4, 0.5) is 4.39 Å². The number of hydrogen-bond donors (Lipinski definition) is 2. The topological polar surface area (TPSA) is 67.5 Å². The molecule has 2 rings (SSSR count). The third kappa shape index (κ3) is 4.86. The second-order valence-electron chi connectivity index (χ2n) is 6.31. The molecule has 2 unspecified atom stereocenters. The lowest BCUT2D eigenvalue weighted by molar-refractivity contribution is 0.0309. The largest absolute Gasteiger partial charge is 0.392 e. The number of halogens is 1. The Hall–Kier alpha value is -2.26. The highest BCUT2D eigenvalue weighted by atomic mass is 19.1. The molecule has 0 aliphatic carbocycles. The maximum atomic E-state index is 13.3. The van der Waals surface area contributed by atoms with Crippen LogP contribution in [0.3, 0.4) is 0 Å². The highest BCUT2D eigenvalue weighted by Crippen LogP contribution is 2.33. The molecular formula is C20H23FN2O2. The van der Waals surface area contributed by atoms with E-state index in [0.717, 1.165) is 11.1 Å². The highest BCUT2D eigenvalue weighted by Gasteiger charge is 2.20. The molecule has 0 heterocycles. The van der Waals surface area contributed by atoms with Crippen molar-refractivity contribution < 1.29 is 14.6 Å². The molecule has 4 nitrogen and oxygen atoms in total. The number of rotatable bonds is 7. The normalized spacial score (nSPS) is 13.5. The molecule has 2 atom stereocenters. The highest BCUT2D eigenvalue weighted by molar-refractivity contribution is 5.43. The van der Waals surface area contributed by atoms with E-state index in [9.17, 15) is 14.6 Å². The maximum absolute atomic E-state index is 13.3. The quantitative estimate of drug-likeness (QED) is 0.759. The Kier molecular flexibility index (Phi) is 6.65. The van der Waals surface area contributed by atoms with Crippen molar-refractivity contribution in [1.82, 2.24) is 4.90 Å². The Bertz CT molecular complexity index is 738. The summed E-state index contributed by atoms with van der Waals surface area (Å²) in [5.74, 6) is -0.414. The molecule has 0 amide bonds. The van der Waals surface area contributed by atoms with E-state index in [4.69, 9.17) is 5.26 Å². The Morgan fingerprint density at radius 1 is 1.12 bits per heavy atom. The number of aliphatic hydroxyl groups excluding tert-OH is 2. The summed E-state index contributed by atoms with van der Waals surface area (Å²) in [4.78, 5) is 1.73. The zero-order valence-corrected chi connectivity index (χ0v) is 14.5. The SMILES string of the molecule is CN(C)C(O)CCC(c1ccc(F)cc1)c1ccc(C#N)cc1CO. The molecule has 0 radical (unpaired) electrons. The minimum Gasteiger partial charge on any atom is -0.392 e. The van der Waals surface area contributed by atoms with Gasteiger partial charge >= 0.3 is 0 Å². The summed E-state index contributed by atoms with van der Waals surface area (Å²) >= 11 is 0. The van der Waals surface area contributed by atoms with E-state index < -0.39 is 6.23 Å². The first-order chi connectivity index (χ1) is 12.0. The number of aliphatic hydroxyl groups is 2. The molecule has 0 aliphatic heterocycles. The summed E-state index contributed by atoms with van der Waals surface area (Å²) in [6, 6.07) is 13.6. The maximum Gasteiger partial charge on any atom is 0.123 e. The van der Waals surface area contributed by atoms with Crippen molar-refractivity contribution in [3.63, 3.8) is 0 Å². The Morgan fingerprint density at radius 3 is 2.36 bits per heavy atom. The van der Waals surface area contributed by atoms with E-state index in [1.54, 1.807) is 43.3 Å². The predicted molar refractivity (Wildman–Crippen MR) is 94.3 cm³/mol. The van der Waals surface area contributed by atoms with E-state index in [2.05, 4.69) is 6.07 Å². The van der Waals surface area contributed by atoms with Gasteiger partial charge in [0.15, 0.2) is 0 Å². The molecule has 2 N–H and O–H groups in total. The van der Waals surface area contributed by atoms with Gasteiger partial charge in [0.05, 0.1) is 18.2 Å². The Morgan fingerprint density at radius 2 is 1.80 bits per heavy atom. The van der Waals surface area contributed by atoms with Crippen molar-refractivity contribution >= 4 is 0 Å². The van der Waals surface area contributed by atoms with Crippen LogP contribution in [-0.2, 0) is 6.61 Å². The van der Waals surface area contributed by atoms with Crippen molar-refractivity contribution in [2.45, 2.75) is 31.6 Å². The smallest absolute Gasteiger partial charge is 0.123 e. The lowest BCUT2D eigenvalue weighted by Crippen LogP contribution is -2.27. The van der Waals surface area contributed by atoms with Gasteiger partial charge in [0.1, 0.15) is 12.0 Å².